The number of hydrogen-bond donors (Lipinski definition) is 1. The topological polar surface area (TPSA) is 99.6 Å². The van der Waals surface area contributed by atoms with Gasteiger partial charge in [-0.1, -0.05) is 0 Å². The second kappa shape index (κ2) is 10.2. The van der Waals surface area contributed by atoms with Crippen LogP contribution in [0, 0.1) is 0 Å². The van der Waals surface area contributed by atoms with Crippen LogP contribution in [-0.4, -0.2) is 42.7 Å². The van der Waals surface area contributed by atoms with E-state index >= 15 is 0 Å². The van der Waals surface area contributed by atoms with Crippen LogP contribution in [0.2, 0.25) is 0 Å². The number of benzene rings is 1. The Bertz CT molecular complexity index is 1030. The Kier molecular flexibility index (Phi) is 7.36. The van der Waals surface area contributed by atoms with Gasteiger partial charge in [-0.05, 0) is 25.1 Å². The molecule has 1 N–H and O–H groups in total. The van der Waals surface area contributed by atoms with Crippen molar-refractivity contribution in [1.29, 1.82) is 0 Å². The van der Waals surface area contributed by atoms with E-state index < -0.39 is 0 Å². The molecule has 0 radical (unpaired) electrons. The number of thiazole rings is 2. The van der Waals surface area contributed by atoms with Gasteiger partial charge in [0.1, 0.15) is 5.01 Å². The first-order valence-electron chi connectivity index (χ1n) is 9.09. The van der Waals surface area contributed by atoms with Crippen LogP contribution < -0.4 is 14.8 Å². The fourth-order valence-corrected chi connectivity index (χ4v) is 4.17. The summed E-state index contributed by atoms with van der Waals surface area (Å²) in [7, 11) is 3.16. The van der Waals surface area contributed by atoms with Crippen molar-refractivity contribution in [2.75, 3.05) is 26.1 Å². The van der Waals surface area contributed by atoms with E-state index in [2.05, 4.69) is 15.3 Å². The van der Waals surface area contributed by atoms with Crippen LogP contribution in [0.15, 0.2) is 29.0 Å². The summed E-state index contributed by atoms with van der Waals surface area (Å²) >= 11 is 2.71. The van der Waals surface area contributed by atoms with Crippen LogP contribution in [0.4, 0.5) is 5.13 Å². The summed E-state index contributed by atoms with van der Waals surface area (Å²) in [5.74, 6) is 0.692. The summed E-state index contributed by atoms with van der Waals surface area (Å²) in [6.45, 7) is 2.07. The fraction of sp³-hybridized carbons (Fsp3) is 0.300. The van der Waals surface area contributed by atoms with Crippen LogP contribution in [0.5, 0.6) is 11.5 Å². The number of anilines is 1. The van der Waals surface area contributed by atoms with Gasteiger partial charge in [0.05, 0.1) is 45.1 Å². The molecule has 3 rings (SSSR count). The lowest BCUT2D eigenvalue weighted by Gasteiger charge is -2.08. The second-order valence-corrected chi connectivity index (χ2v) is 7.78. The predicted molar refractivity (Wildman–Crippen MR) is 115 cm³/mol. The average Bonchev–Trinajstić information content (AvgIpc) is 3.37. The van der Waals surface area contributed by atoms with Gasteiger partial charge >= 0.3 is 5.97 Å². The van der Waals surface area contributed by atoms with Crippen LogP contribution in [0.25, 0.3) is 10.6 Å². The van der Waals surface area contributed by atoms with E-state index in [1.54, 1.807) is 26.5 Å². The third kappa shape index (κ3) is 5.55. The van der Waals surface area contributed by atoms with Gasteiger partial charge in [-0.25, -0.2) is 9.97 Å². The minimum Gasteiger partial charge on any atom is -0.493 e. The molecule has 0 bridgehead atoms. The number of nitrogens with zero attached hydrogens (tertiary/aromatic N) is 2. The van der Waals surface area contributed by atoms with Gasteiger partial charge in [-0.3, -0.25) is 9.59 Å². The van der Waals surface area contributed by atoms with Crippen molar-refractivity contribution in [3.05, 3.63) is 40.3 Å². The molecule has 3 aromatic rings. The lowest BCUT2D eigenvalue weighted by Crippen LogP contribution is -2.14. The molecule has 0 atom stereocenters. The van der Waals surface area contributed by atoms with E-state index in [0.29, 0.717) is 34.6 Å². The highest BCUT2D eigenvalue weighted by atomic mass is 32.1. The van der Waals surface area contributed by atoms with E-state index in [1.165, 1.54) is 22.7 Å². The Labute approximate surface area is 181 Å². The summed E-state index contributed by atoms with van der Waals surface area (Å²) in [5.41, 5.74) is 2.11. The molecule has 0 aliphatic carbocycles. The Morgan fingerprint density at radius 2 is 1.73 bits per heavy atom. The molecule has 1 amide bonds. The van der Waals surface area contributed by atoms with Gasteiger partial charge in [0.15, 0.2) is 16.6 Å². The lowest BCUT2D eigenvalue weighted by molar-refractivity contribution is -0.142. The predicted octanol–water partition coefficient (Wildman–Crippen LogP) is 3.57. The maximum Gasteiger partial charge on any atom is 0.311 e. The van der Waals surface area contributed by atoms with Gasteiger partial charge in [-0.15, -0.1) is 22.7 Å². The first kappa shape index (κ1) is 21.7. The van der Waals surface area contributed by atoms with Crippen LogP contribution >= 0.6 is 22.7 Å². The number of hydrogen-bond acceptors (Lipinski definition) is 9. The molecule has 0 saturated carbocycles. The minimum atomic E-state index is -0.342. The Hall–Kier alpha value is -2.98. The zero-order valence-corrected chi connectivity index (χ0v) is 18.4. The van der Waals surface area contributed by atoms with Crippen molar-refractivity contribution >= 4 is 39.7 Å². The van der Waals surface area contributed by atoms with Gasteiger partial charge in [0, 0.05) is 16.3 Å². The van der Waals surface area contributed by atoms with Crippen LogP contribution in [0.1, 0.15) is 18.3 Å². The smallest absolute Gasteiger partial charge is 0.311 e. The molecule has 0 aliphatic rings. The van der Waals surface area contributed by atoms with E-state index in [0.717, 1.165) is 10.6 Å². The quantitative estimate of drug-likeness (QED) is 0.501. The van der Waals surface area contributed by atoms with E-state index in [9.17, 15) is 9.59 Å². The largest absolute Gasteiger partial charge is 0.493 e. The molecule has 158 valence electrons. The van der Waals surface area contributed by atoms with Crippen LogP contribution in [0.3, 0.4) is 0 Å². The molecule has 0 fully saturated rings. The number of carbonyl (C=O) groups is 2. The maximum absolute atomic E-state index is 12.3. The average molecular weight is 448 g/mol. The summed E-state index contributed by atoms with van der Waals surface area (Å²) in [6, 6.07) is 5.56. The standard InChI is InChI=1S/C20H21N3O5S2/c1-4-28-18(25)9-14-11-30-20(22-14)23-17(24)8-13-10-29-19(21-13)12-5-6-15(26-2)16(7-12)27-3/h5-7,10-11H,4,8-9H2,1-3H3,(H,22,23,24). The van der Waals surface area contributed by atoms with Crippen LogP contribution in [-0.2, 0) is 27.2 Å². The summed E-state index contributed by atoms with van der Waals surface area (Å²) < 4.78 is 15.5. The Morgan fingerprint density at radius 3 is 2.47 bits per heavy atom. The zero-order chi connectivity index (χ0) is 21.5. The fourth-order valence-electron chi connectivity index (χ4n) is 2.62. The van der Waals surface area contributed by atoms with E-state index in [-0.39, 0.29) is 24.7 Å². The number of ether oxygens (including phenoxy) is 3. The van der Waals surface area contributed by atoms with Crippen molar-refractivity contribution in [2.45, 2.75) is 19.8 Å². The molecular formula is C20H21N3O5S2. The Balaban J connectivity index is 1.60. The highest BCUT2D eigenvalue weighted by Gasteiger charge is 2.14. The van der Waals surface area contributed by atoms with Crippen molar-refractivity contribution < 1.29 is 23.8 Å². The molecule has 0 spiro atoms. The number of nitrogens with one attached hydrogen (secondary N) is 1. The van der Waals surface area contributed by atoms with Gasteiger partial charge < -0.3 is 19.5 Å². The molecular weight excluding hydrogens is 426 g/mol. The summed E-state index contributed by atoms with van der Waals surface area (Å²) in [4.78, 5) is 32.6. The number of esters is 1. The highest BCUT2D eigenvalue weighted by Crippen LogP contribution is 2.33. The molecule has 2 heterocycles. The third-order valence-electron chi connectivity index (χ3n) is 3.95. The van der Waals surface area contributed by atoms with Crippen molar-refractivity contribution in [3.63, 3.8) is 0 Å². The summed E-state index contributed by atoms with van der Waals surface area (Å²) in [5, 5.41) is 7.54. The highest BCUT2D eigenvalue weighted by molar-refractivity contribution is 7.14. The lowest BCUT2D eigenvalue weighted by atomic mass is 10.2. The van der Waals surface area contributed by atoms with E-state index in [1.807, 2.05) is 23.6 Å². The normalized spacial score (nSPS) is 10.5. The van der Waals surface area contributed by atoms with Crippen molar-refractivity contribution in [3.8, 4) is 22.1 Å². The number of aromatic nitrogens is 2. The molecule has 0 saturated heterocycles. The molecule has 2 aromatic heterocycles. The zero-order valence-electron chi connectivity index (χ0n) is 16.8. The van der Waals surface area contributed by atoms with E-state index in [4.69, 9.17) is 14.2 Å². The second-order valence-electron chi connectivity index (χ2n) is 6.06. The Morgan fingerprint density at radius 1 is 1.00 bits per heavy atom. The SMILES string of the molecule is CCOC(=O)Cc1csc(NC(=O)Cc2csc(-c3ccc(OC)c(OC)c3)n2)n1. The first-order valence-corrected chi connectivity index (χ1v) is 10.8. The van der Waals surface area contributed by atoms with Gasteiger partial charge in [0.2, 0.25) is 5.91 Å². The molecule has 0 unspecified atom stereocenters. The minimum absolute atomic E-state index is 0.0843. The molecule has 0 aliphatic heterocycles. The molecule has 8 nitrogen and oxygen atoms in total. The monoisotopic (exact) mass is 447 g/mol. The number of amides is 1. The van der Waals surface area contributed by atoms with Gasteiger partial charge in [0.25, 0.3) is 0 Å². The number of methoxy groups -OCH3 is 2. The van der Waals surface area contributed by atoms with Crippen molar-refractivity contribution in [1.82, 2.24) is 9.97 Å². The van der Waals surface area contributed by atoms with Crippen molar-refractivity contribution in [2.24, 2.45) is 0 Å². The van der Waals surface area contributed by atoms with Gasteiger partial charge in [-0.2, -0.15) is 0 Å². The maximum atomic E-state index is 12.3. The molecule has 1 aromatic carbocycles. The third-order valence-corrected chi connectivity index (χ3v) is 5.70. The number of carbonyl (C=O) groups excluding carboxylic acids is 2. The number of rotatable bonds is 9. The molecule has 10 heteroatoms. The first-order chi connectivity index (χ1) is 14.5. The molecule has 30 heavy (non-hydrogen) atoms. The summed E-state index contributed by atoms with van der Waals surface area (Å²) in [6.07, 6.45) is 0.206.